The molecular weight excluding hydrogens is 378 g/mol. The van der Waals surface area contributed by atoms with Gasteiger partial charge in [-0.2, -0.15) is 0 Å². The van der Waals surface area contributed by atoms with E-state index in [0.717, 1.165) is 12.0 Å². The lowest BCUT2D eigenvalue weighted by molar-refractivity contribution is -0.181. The van der Waals surface area contributed by atoms with Gasteiger partial charge in [-0.3, -0.25) is 9.59 Å². The number of carbonyl (C=O) groups is 2. The van der Waals surface area contributed by atoms with Crippen molar-refractivity contribution in [1.82, 2.24) is 4.90 Å². The van der Waals surface area contributed by atoms with E-state index in [1.54, 1.807) is 11.8 Å². The lowest BCUT2D eigenvalue weighted by atomic mass is 9.62. The predicted molar refractivity (Wildman–Crippen MR) is 115 cm³/mol. The van der Waals surface area contributed by atoms with Crippen LogP contribution in [0.5, 0.6) is 0 Å². The van der Waals surface area contributed by atoms with Gasteiger partial charge < -0.3 is 14.7 Å². The van der Waals surface area contributed by atoms with Gasteiger partial charge in [0.2, 0.25) is 5.91 Å². The van der Waals surface area contributed by atoms with Crippen molar-refractivity contribution in [3.05, 3.63) is 83.9 Å². The molecule has 3 atom stereocenters. The van der Waals surface area contributed by atoms with Gasteiger partial charge in [0.1, 0.15) is 5.41 Å². The average Bonchev–Trinajstić information content (AvgIpc) is 2.78. The van der Waals surface area contributed by atoms with E-state index in [0.29, 0.717) is 12.2 Å². The molecule has 0 radical (unpaired) electrons. The number of aliphatic hydroxyl groups excluding tert-OH is 1. The molecule has 1 heterocycles. The van der Waals surface area contributed by atoms with E-state index in [1.165, 1.54) is 0 Å². The first-order valence-corrected chi connectivity index (χ1v) is 10.5. The number of carbonyl (C=O) groups excluding carboxylic acids is 2. The molecule has 0 unspecified atom stereocenters. The van der Waals surface area contributed by atoms with Crippen LogP contribution in [0.2, 0.25) is 0 Å². The number of hydrogen-bond acceptors (Lipinski definition) is 4. The van der Waals surface area contributed by atoms with Crippen molar-refractivity contribution < 1.29 is 19.4 Å². The Bertz CT molecular complexity index is 881. The number of rotatable bonds is 9. The Balaban J connectivity index is 2.02. The van der Waals surface area contributed by atoms with E-state index in [2.05, 4.69) is 0 Å². The molecule has 1 amide bonds. The first kappa shape index (κ1) is 21.8. The smallest absolute Gasteiger partial charge is 0.307 e. The predicted octanol–water partition coefficient (Wildman–Crippen LogP) is 4.21. The molecule has 1 aliphatic rings. The van der Waals surface area contributed by atoms with Gasteiger partial charge in [-0.15, -0.1) is 0 Å². The average molecular weight is 408 g/mol. The molecule has 1 fully saturated rings. The summed E-state index contributed by atoms with van der Waals surface area (Å²) in [6.45, 7) is 4.32. The summed E-state index contributed by atoms with van der Waals surface area (Å²) in [5, 5.41) is 11.4. The summed E-state index contributed by atoms with van der Waals surface area (Å²) in [5.74, 6) is -0.510. The number of amides is 1. The molecule has 0 saturated carbocycles. The molecule has 5 nitrogen and oxygen atoms in total. The molecule has 158 valence electrons. The molecule has 0 aromatic heterocycles. The van der Waals surface area contributed by atoms with Crippen LogP contribution in [0, 0.1) is 5.41 Å². The van der Waals surface area contributed by atoms with Gasteiger partial charge in [-0.25, -0.2) is 0 Å². The standard InChI is InChI=1S/C25H29NO4/c1-3-5-17-25(23(28)20-14-10-7-11-15-20)22(19-12-8-6-9-13-19)26(24(25)29)18-16-21(27)30-4-2/h5-15,17,22-23,28H,3-4,16,18H2,1-2H3/b17-5+/t22-,23+,25+/m1/s1. The molecular formula is C25H29NO4. The van der Waals surface area contributed by atoms with E-state index >= 15 is 0 Å². The molecule has 5 heteroatoms. The number of benzene rings is 2. The highest BCUT2D eigenvalue weighted by atomic mass is 16.5. The fourth-order valence-electron chi connectivity index (χ4n) is 4.19. The zero-order valence-electron chi connectivity index (χ0n) is 17.5. The summed E-state index contributed by atoms with van der Waals surface area (Å²) in [7, 11) is 0. The molecule has 2 aromatic carbocycles. The molecule has 1 aliphatic heterocycles. The monoisotopic (exact) mass is 407 g/mol. The highest BCUT2D eigenvalue weighted by molar-refractivity contribution is 5.94. The fraction of sp³-hybridized carbons (Fsp3) is 0.360. The molecule has 1 N–H and O–H groups in total. The Morgan fingerprint density at radius 2 is 1.77 bits per heavy atom. The van der Waals surface area contributed by atoms with Gasteiger partial charge >= 0.3 is 5.97 Å². The van der Waals surface area contributed by atoms with Crippen molar-refractivity contribution >= 4 is 11.9 Å². The molecule has 30 heavy (non-hydrogen) atoms. The summed E-state index contributed by atoms with van der Waals surface area (Å²) in [6, 6.07) is 18.6. The Kier molecular flexibility index (Phi) is 7.06. The third-order valence-electron chi connectivity index (χ3n) is 5.57. The van der Waals surface area contributed by atoms with Crippen molar-refractivity contribution in [2.45, 2.75) is 38.8 Å². The molecule has 2 aromatic rings. The first-order valence-electron chi connectivity index (χ1n) is 10.5. The molecule has 1 saturated heterocycles. The van der Waals surface area contributed by atoms with Crippen LogP contribution >= 0.6 is 0 Å². The van der Waals surface area contributed by atoms with Crippen LogP contribution in [-0.4, -0.2) is 35.0 Å². The van der Waals surface area contributed by atoms with Crippen molar-refractivity contribution in [2.24, 2.45) is 5.41 Å². The highest BCUT2D eigenvalue weighted by Gasteiger charge is 2.63. The maximum absolute atomic E-state index is 13.5. The summed E-state index contributed by atoms with van der Waals surface area (Å²) in [4.78, 5) is 27.1. The van der Waals surface area contributed by atoms with Gasteiger partial charge in [0.25, 0.3) is 0 Å². The molecule has 3 rings (SSSR count). The van der Waals surface area contributed by atoms with Gasteiger partial charge in [-0.05, 0) is 24.5 Å². The Labute approximate surface area is 178 Å². The third-order valence-corrected chi connectivity index (χ3v) is 5.57. The minimum Gasteiger partial charge on any atom is -0.466 e. The minimum absolute atomic E-state index is 0.123. The van der Waals surface area contributed by atoms with Crippen molar-refractivity contribution in [1.29, 1.82) is 0 Å². The van der Waals surface area contributed by atoms with Crippen LogP contribution in [-0.2, 0) is 14.3 Å². The van der Waals surface area contributed by atoms with Crippen LogP contribution in [0.15, 0.2) is 72.8 Å². The lowest BCUT2D eigenvalue weighted by Gasteiger charge is -2.57. The number of aliphatic hydroxyl groups is 1. The topological polar surface area (TPSA) is 66.8 Å². The SMILES string of the molecule is CC/C=C/[C@]1([C@@H](O)c2ccccc2)C(=O)N(CCC(=O)OCC)[C@@H]1c1ccccc1. The molecule has 0 spiro atoms. The maximum Gasteiger partial charge on any atom is 0.307 e. The number of likely N-dealkylation sites (tertiary alicyclic amines) is 1. The van der Waals surface area contributed by atoms with E-state index in [-0.39, 0.29) is 30.9 Å². The van der Waals surface area contributed by atoms with Gasteiger partial charge in [0.05, 0.1) is 25.2 Å². The van der Waals surface area contributed by atoms with Crippen LogP contribution in [0.25, 0.3) is 0 Å². The Morgan fingerprint density at radius 1 is 1.13 bits per heavy atom. The summed E-state index contributed by atoms with van der Waals surface area (Å²) in [5.41, 5.74) is 0.502. The number of ether oxygens (including phenoxy) is 1. The number of nitrogens with zero attached hydrogens (tertiary/aromatic N) is 1. The zero-order chi connectivity index (χ0) is 21.6. The molecule has 0 aliphatic carbocycles. The summed E-state index contributed by atoms with van der Waals surface area (Å²) >= 11 is 0. The summed E-state index contributed by atoms with van der Waals surface area (Å²) in [6.07, 6.45) is 3.66. The van der Waals surface area contributed by atoms with Gasteiger partial charge in [0.15, 0.2) is 0 Å². The molecule has 0 bridgehead atoms. The van der Waals surface area contributed by atoms with E-state index in [4.69, 9.17) is 4.74 Å². The number of hydrogen-bond donors (Lipinski definition) is 1. The number of allylic oxidation sites excluding steroid dienone is 1. The van der Waals surface area contributed by atoms with Crippen molar-refractivity contribution in [3.63, 3.8) is 0 Å². The number of β-lactam (4-membered cyclic amide) rings is 1. The first-order chi connectivity index (χ1) is 14.6. The largest absolute Gasteiger partial charge is 0.466 e. The summed E-state index contributed by atoms with van der Waals surface area (Å²) < 4.78 is 5.03. The fourth-order valence-corrected chi connectivity index (χ4v) is 4.19. The maximum atomic E-state index is 13.5. The highest BCUT2D eigenvalue weighted by Crippen LogP contribution is 2.57. The zero-order valence-corrected chi connectivity index (χ0v) is 17.5. The minimum atomic E-state index is -1.12. The quantitative estimate of drug-likeness (QED) is 0.384. The third kappa shape index (κ3) is 4.03. The second-order valence-corrected chi connectivity index (χ2v) is 7.42. The van der Waals surface area contributed by atoms with Crippen LogP contribution in [0.4, 0.5) is 0 Å². The second kappa shape index (κ2) is 9.72. The van der Waals surface area contributed by atoms with Crippen molar-refractivity contribution in [2.75, 3.05) is 13.2 Å². The van der Waals surface area contributed by atoms with E-state index in [9.17, 15) is 14.7 Å². The van der Waals surface area contributed by atoms with Crippen LogP contribution in [0.1, 0.15) is 50.0 Å². The van der Waals surface area contributed by atoms with E-state index < -0.39 is 11.5 Å². The number of esters is 1. The second-order valence-electron chi connectivity index (χ2n) is 7.42. The lowest BCUT2D eigenvalue weighted by Crippen LogP contribution is -2.65. The Hall–Kier alpha value is -2.92. The van der Waals surface area contributed by atoms with Gasteiger partial charge in [0, 0.05) is 6.54 Å². The normalized spacial score (nSPS) is 22.0. The Morgan fingerprint density at radius 3 is 2.37 bits per heavy atom. The van der Waals surface area contributed by atoms with Crippen molar-refractivity contribution in [3.8, 4) is 0 Å². The van der Waals surface area contributed by atoms with Gasteiger partial charge in [-0.1, -0.05) is 79.7 Å². The van der Waals surface area contributed by atoms with E-state index in [1.807, 2.05) is 79.7 Å². The van der Waals surface area contributed by atoms with Crippen LogP contribution in [0.3, 0.4) is 0 Å². The van der Waals surface area contributed by atoms with Crippen LogP contribution < -0.4 is 0 Å².